The van der Waals surface area contributed by atoms with Crippen LogP contribution in [0.1, 0.15) is 53.4 Å². The van der Waals surface area contributed by atoms with Gasteiger partial charge >= 0.3 is 0 Å². The van der Waals surface area contributed by atoms with E-state index in [1.165, 1.54) is 25.7 Å². The maximum absolute atomic E-state index is 5.59. The largest absolute Gasteiger partial charge is 0.329 e. The first-order chi connectivity index (χ1) is 7.45. The molecule has 0 bridgehead atoms. The second kappa shape index (κ2) is 6.02. The summed E-state index contributed by atoms with van der Waals surface area (Å²) in [4.78, 5) is 0. The van der Waals surface area contributed by atoms with Gasteiger partial charge in [-0.2, -0.15) is 0 Å². The van der Waals surface area contributed by atoms with Crippen LogP contribution in [-0.4, -0.2) is 18.6 Å². The highest BCUT2D eigenvalue weighted by atomic mass is 15.0. The lowest BCUT2D eigenvalue weighted by Crippen LogP contribution is -2.49. The average molecular weight is 226 g/mol. The SMILES string of the molecule is CC(C)CC1CC(C)CC(C)(NCCN)C1. The van der Waals surface area contributed by atoms with Gasteiger partial charge in [-0.25, -0.2) is 0 Å². The first-order valence-corrected chi connectivity index (χ1v) is 6.90. The highest BCUT2D eigenvalue weighted by molar-refractivity contribution is 4.92. The van der Waals surface area contributed by atoms with Gasteiger partial charge in [0.05, 0.1) is 0 Å². The highest BCUT2D eigenvalue weighted by Gasteiger charge is 2.34. The molecule has 3 N–H and O–H groups in total. The van der Waals surface area contributed by atoms with Crippen molar-refractivity contribution in [3.63, 3.8) is 0 Å². The van der Waals surface area contributed by atoms with E-state index in [2.05, 4.69) is 33.0 Å². The summed E-state index contributed by atoms with van der Waals surface area (Å²) in [6, 6.07) is 0. The van der Waals surface area contributed by atoms with Crippen molar-refractivity contribution in [3.8, 4) is 0 Å². The summed E-state index contributed by atoms with van der Waals surface area (Å²) in [5.74, 6) is 2.58. The quantitative estimate of drug-likeness (QED) is 0.756. The maximum atomic E-state index is 5.59. The second-order valence-corrected chi connectivity index (χ2v) is 6.52. The molecule has 0 spiro atoms. The fourth-order valence-corrected chi connectivity index (χ4v) is 3.59. The summed E-state index contributed by atoms with van der Waals surface area (Å²) < 4.78 is 0. The van der Waals surface area contributed by atoms with Crippen LogP contribution in [0.3, 0.4) is 0 Å². The lowest BCUT2D eigenvalue weighted by molar-refractivity contribution is 0.137. The van der Waals surface area contributed by atoms with E-state index in [4.69, 9.17) is 5.73 Å². The van der Waals surface area contributed by atoms with Crippen molar-refractivity contribution >= 4 is 0 Å². The summed E-state index contributed by atoms with van der Waals surface area (Å²) in [5, 5.41) is 3.66. The molecule has 0 aliphatic heterocycles. The monoisotopic (exact) mass is 226 g/mol. The van der Waals surface area contributed by atoms with E-state index in [9.17, 15) is 0 Å². The molecule has 0 heterocycles. The smallest absolute Gasteiger partial charge is 0.0159 e. The van der Waals surface area contributed by atoms with Crippen LogP contribution in [-0.2, 0) is 0 Å². The van der Waals surface area contributed by atoms with Crippen molar-refractivity contribution in [1.29, 1.82) is 0 Å². The van der Waals surface area contributed by atoms with E-state index in [0.717, 1.165) is 30.8 Å². The molecule has 0 amide bonds. The predicted octanol–water partition coefficient (Wildman–Crippen LogP) is 2.78. The Morgan fingerprint density at radius 1 is 1.38 bits per heavy atom. The third-order valence-electron chi connectivity index (χ3n) is 3.77. The fourth-order valence-electron chi connectivity index (χ4n) is 3.59. The Balaban J connectivity index is 2.52. The van der Waals surface area contributed by atoms with Gasteiger partial charge in [-0.05, 0) is 50.4 Å². The summed E-state index contributed by atoms with van der Waals surface area (Å²) in [6.07, 6.45) is 5.43. The summed E-state index contributed by atoms with van der Waals surface area (Å²) in [5.41, 5.74) is 5.92. The van der Waals surface area contributed by atoms with Crippen molar-refractivity contribution in [2.24, 2.45) is 23.5 Å². The first kappa shape index (κ1) is 14.0. The molecule has 0 aromatic heterocycles. The van der Waals surface area contributed by atoms with E-state index in [-0.39, 0.29) is 0 Å². The van der Waals surface area contributed by atoms with Crippen LogP contribution in [0.15, 0.2) is 0 Å². The topological polar surface area (TPSA) is 38.0 Å². The van der Waals surface area contributed by atoms with Crippen molar-refractivity contribution in [2.45, 2.75) is 58.9 Å². The zero-order valence-electron chi connectivity index (χ0n) is 11.6. The van der Waals surface area contributed by atoms with Crippen LogP contribution in [0.4, 0.5) is 0 Å². The molecule has 1 aliphatic carbocycles. The van der Waals surface area contributed by atoms with Crippen molar-refractivity contribution in [2.75, 3.05) is 13.1 Å². The minimum atomic E-state index is 0.330. The molecule has 1 rings (SSSR count). The minimum Gasteiger partial charge on any atom is -0.329 e. The molecule has 1 aliphatic rings. The van der Waals surface area contributed by atoms with E-state index in [1.54, 1.807) is 0 Å². The molecule has 3 unspecified atom stereocenters. The molecule has 3 atom stereocenters. The Morgan fingerprint density at radius 3 is 2.62 bits per heavy atom. The van der Waals surface area contributed by atoms with Crippen LogP contribution in [0.5, 0.6) is 0 Å². The summed E-state index contributed by atoms with van der Waals surface area (Å²) >= 11 is 0. The van der Waals surface area contributed by atoms with Gasteiger partial charge in [0.1, 0.15) is 0 Å². The zero-order chi connectivity index (χ0) is 12.2. The normalized spacial score (nSPS) is 35.6. The van der Waals surface area contributed by atoms with Crippen LogP contribution in [0, 0.1) is 17.8 Å². The Bertz CT molecular complexity index is 201. The molecule has 96 valence electrons. The van der Waals surface area contributed by atoms with Gasteiger partial charge in [0.15, 0.2) is 0 Å². The molecule has 0 saturated heterocycles. The number of rotatable bonds is 5. The molecule has 2 nitrogen and oxygen atoms in total. The minimum absolute atomic E-state index is 0.330. The fraction of sp³-hybridized carbons (Fsp3) is 1.00. The Morgan fingerprint density at radius 2 is 2.06 bits per heavy atom. The summed E-state index contributed by atoms with van der Waals surface area (Å²) in [6.45, 7) is 11.2. The second-order valence-electron chi connectivity index (χ2n) is 6.52. The third kappa shape index (κ3) is 4.42. The third-order valence-corrected chi connectivity index (χ3v) is 3.77. The van der Waals surface area contributed by atoms with Gasteiger partial charge < -0.3 is 11.1 Å². The molecule has 16 heavy (non-hydrogen) atoms. The molecular formula is C14H30N2. The molecule has 0 aromatic rings. The van der Waals surface area contributed by atoms with E-state index in [0.29, 0.717) is 5.54 Å². The lowest BCUT2D eigenvalue weighted by atomic mass is 9.70. The Hall–Kier alpha value is -0.0800. The lowest BCUT2D eigenvalue weighted by Gasteiger charge is -2.42. The number of nitrogens with one attached hydrogen (secondary N) is 1. The van der Waals surface area contributed by atoms with Crippen LogP contribution < -0.4 is 11.1 Å². The van der Waals surface area contributed by atoms with E-state index in [1.807, 2.05) is 0 Å². The van der Waals surface area contributed by atoms with Gasteiger partial charge in [0.2, 0.25) is 0 Å². The first-order valence-electron chi connectivity index (χ1n) is 6.90. The molecular weight excluding hydrogens is 196 g/mol. The molecule has 0 radical (unpaired) electrons. The van der Waals surface area contributed by atoms with Gasteiger partial charge in [-0.1, -0.05) is 20.8 Å². The van der Waals surface area contributed by atoms with Gasteiger partial charge in [-0.15, -0.1) is 0 Å². The molecule has 2 heteroatoms. The molecule has 0 aromatic carbocycles. The Kier molecular flexibility index (Phi) is 5.26. The average Bonchev–Trinajstić information content (AvgIpc) is 2.12. The molecule has 1 fully saturated rings. The number of hydrogen-bond donors (Lipinski definition) is 2. The van der Waals surface area contributed by atoms with Crippen molar-refractivity contribution in [1.82, 2.24) is 5.32 Å². The van der Waals surface area contributed by atoms with Crippen molar-refractivity contribution in [3.05, 3.63) is 0 Å². The standard InChI is InChI=1S/C14H30N2/c1-11(2)7-13-8-12(3)9-14(4,10-13)16-6-5-15/h11-13,16H,5-10,15H2,1-4H3. The van der Waals surface area contributed by atoms with E-state index >= 15 is 0 Å². The predicted molar refractivity (Wildman–Crippen MR) is 71.4 cm³/mol. The van der Waals surface area contributed by atoms with Crippen LogP contribution in [0.25, 0.3) is 0 Å². The highest BCUT2D eigenvalue weighted by Crippen LogP contribution is 2.38. The molecule has 1 saturated carbocycles. The summed E-state index contributed by atoms with van der Waals surface area (Å²) in [7, 11) is 0. The van der Waals surface area contributed by atoms with Gasteiger partial charge in [-0.3, -0.25) is 0 Å². The van der Waals surface area contributed by atoms with E-state index < -0.39 is 0 Å². The van der Waals surface area contributed by atoms with Crippen molar-refractivity contribution < 1.29 is 0 Å². The van der Waals surface area contributed by atoms with Gasteiger partial charge in [0.25, 0.3) is 0 Å². The zero-order valence-corrected chi connectivity index (χ0v) is 11.6. The van der Waals surface area contributed by atoms with Gasteiger partial charge in [0, 0.05) is 18.6 Å². The van der Waals surface area contributed by atoms with Crippen LogP contribution in [0.2, 0.25) is 0 Å². The Labute approximate surface area is 101 Å². The number of hydrogen-bond acceptors (Lipinski definition) is 2. The van der Waals surface area contributed by atoms with Crippen LogP contribution >= 0.6 is 0 Å². The maximum Gasteiger partial charge on any atom is 0.0159 e. The number of nitrogens with two attached hydrogens (primary N) is 1.